The molecule has 1 aromatic rings. The molecular weight excluding hydrogens is 287 g/mol. The molecule has 0 atom stereocenters. The number of nitriles is 1. The van der Waals surface area contributed by atoms with Crippen LogP contribution in [0.15, 0.2) is 18.2 Å². The van der Waals surface area contributed by atoms with Gasteiger partial charge in [-0.05, 0) is 18.2 Å². The topological polar surface area (TPSA) is 40.9 Å². The summed E-state index contributed by atoms with van der Waals surface area (Å²) in [5.74, 6) is -0.498. The van der Waals surface area contributed by atoms with E-state index < -0.39 is 17.5 Å². The van der Waals surface area contributed by atoms with Crippen LogP contribution in [0.4, 0.5) is 13.2 Å². The molecule has 0 aliphatic heterocycles. The van der Waals surface area contributed by atoms with E-state index in [9.17, 15) is 18.0 Å². The normalized spacial score (nSPS) is 10.9. The van der Waals surface area contributed by atoms with Crippen LogP contribution in [-0.4, -0.2) is 11.1 Å². The van der Waals surface area contributed by atoms with E-state index in [1.54, 1.807) is 6.07 Å². The lowest BCUT2D eigenvalue weighted by atomic mass is 10.0. The highest BCUT2D eigenvalue weighted by atomic mass is 79.9. The number of hydrogen-bond donors (Lipinski definition) is 0. The standard InChI is InChI=1S/C10H5BrF3NO/c11-4-9(16)7-1-6(5-15)2-8(3-7)10(12,13)14/h1-3H,4H2. The van der Waals surface area contributed by atoms with Gasteiger partial charge in [0.2, 0.25) is 0 Å². The number of ketones is 1. The van der Waals surface area contributed by atoms with Crippen molar-refractivity contribution in [2.75, 3.05) is 5.33 Å². The molecule has 0 spiro atoms. The van der Waals surface area contributed by atoms with Crippen LogP contribution in [0.1, 0.15) is 21.5 Å². The number of rotatable bonds is 2. The molecule has 0 aliphatic carbocycles. The Bertz CT molecular complexity index is 462. The zero-order valence-corrected chi connectivity index (χ0v) is 9.39. The van der Waals surface area contributed by atoms with Crippen LogP contribution in [0.25, 0.3) is 0 Å². The van der Waals surface area contributed by atoms with Crippen molar-refractivity contribution in [3.63, 3.8) is 0 Å². The Kier molecular flexibility index (Phi) is 3.70. The maximum Gasteiger partial charge on any atom is 0.416 e. The molecule has 0 heterocycles. The first-order valence-corrected chi connectivity index (χ1v) is 5.22. The maximum absolute atomic E-state index is 12.4. The molecule has 0 fully saturated rings. The highest BCUT2D eigenvalue weighted by molar-refractivity contribution is 9.09. The summed E-state index contributed by atoms with van der Waals surface area (Å²) in [6.07, 6.45) is -4.56. The van der Waals surface area contributed by atoms with Crippen molar-refractivity contribution in [2.24, 2.45) is 0 Å². The van der Waals surface area contributed by atoms with Gasteiger partial charge < -0.3 is 0 Å². The number of alkyl halides is 4. The molecule has 0 unspecified atom stereocenters. The predicted molar refractivity (Wildman–Crippen MR) is 54.3 cm³/mol. The fraction of sp³-hybridized carbons (Fsp3) is 0.200. The van der Waals surface area contributed by atoms with Crippen LogP contribution in [-0.2, 0) is 6.18 Å². The monoisotopic (exact) mass is 291 g/mol. The lowest BCUT2D eigenvalue weighted by Crippen LogP contribution is -2.09. The van der Waals surface area contributed by atoms with Crippen LogP contribution in [0, 0.1) is 11.3 Å². The molecule has 0 aliphatic rings. The largest absolute Gasteiger partial charge is 0.416 e. The Hall–Kier alpha value is -1.35. The molecule has 0 bridgehead atoms. The molecule has 6 heteroatoms. The zero-order chi connectivity index (χ0) is 12.3. The molecule has 2 nitrogen and oxygen atoms in total. The molecule has 0 amide bonds. The van der Waals surface area contributed by atoms with Crippen LogP contribution in [0.5, 0.6) is 0 Å². The summed E-state index contributed by atoms with van der Waals surface area (Å²) in [5, 5.41) is 8.48. The van der Waals surface area contributed by atoms with Gasteiger partial charge in [-0.25, -0.2) is 0 Å². The van der Waals surface area contributed by atoms with Gasteiger partial charge in [-0.3, -0.25) is 4.79 Å². The predicted octanol–water partition coefficient (Wildman–Crippen LogP) is 3.15. The fourth-order valence-corrected chi connectivity index (χ4v) is 1.42. The highest BCUT2D eigenvalue weighted by Crippen LogP contribution is 2.30. The Morgan fingerprint density at radius 3 is 2.44 bits per heavy atom. The van der Waals surface area contributed by atoms with Gasteiger partial charge in [-0.2, -0.15) is 18.4 Å². The van der Waals surface area contributed by atoms with E-state index >= 15 is 0 Å². The second-order valence-corrected chi connectivity index (χ2v) is 3.53. The quantitative estimate of drug-likeness (QED) is 0.620. The van der Waals surface area contributed by atoms with Crippen molar-refractivity contribution in [3.8, 4) is 6.07 Å². The highest BCUT2D eigenvalue weighted by Gasteiger charge is 2.31. The van der Waals surface area contributed by atoms with Gasteiger partial charge in [0.05, 0.1) is 22.5 Å². The average molecular weight is 292 g/mol. The summed E-state index contributed by atoms with van der Waals surface area (Å²) in [6, 6.07) is 4.18. The smallest absolute Gasteiger partial charge is 0.293 e. The molecule has 0 saturated carbocycles. The second-order valence-electron chi connectivity index (χ2n) is 2.97. The minimum Gasteiger partial charge on any atom is -0.293 e. The van der Waals surface area contributed by atoms with Crippen LogP contribution in [0.2, 0.25) is 0 Å². The van der Waals surface area contributed by atoms with Crippen LogP contribution >= 0.6 is 15.9 Å². The van der Waals surface area contributed by atoms with E-state index in [0.717, 1.165) is 12.1 Å². The first kappa shape index (κ1) is 12.7. The van der Waals surface area contributed by atoms with Crippen molar-refractivity contribution in [1.82, 2.24) is 0 Å². The van der Waals surface area contributed by atoms with Crippen LogP contribution in [0.3, 0.4) is 0 Å². The minimum atomic E-state index is -4.56. The number of benzene rings is 1. The lowest BCUT2D eigenvalue weighted by Gasteiger charge is -2.08. The first-order chi connectivity index (χ1) is 7.38. The Balaban J connectivity index is 3.34. The third-order valence-electron chi connectivity index (χ3n) is 1.83. The van der Waals surface area contributed by atoms with E-state index in [4.69, 9.17) is 5.26 Å². The second kappa shape index (κ2) is 4.66. The molecule has 0 saturated heterocycles. The molecule has 84 valence electrons. The van der Waals surface area contributed by atoms with E-state index in [1.165, 1.54) is 0 Å². The SMILES string of the molecule is N#Cc1cc(C(=O)CBr)cc(C(F)(F)F)c1. The van der Waals surface area contributed by atoms with Crippen molar-refractivity contribution >= 4 is 21.7 Å². The Labute approximate surface area is 97.8 Å². The van der Waals surface area contributed by atoms with E-state index in [2.05, 4.69) is 15.9 Å². The molecule has 0 radical (unpaired) electrons. The molecule has 0 N–H and O–H groups in total. The number of carbonyl (C=O) groups is 1. The zero-order valence-electron chi connectivity index (χ0n) is 7.81. The minimum absolute atomic E-state index is 0.0841. The van der Waals surface area contributed by atoms with Gasteiger partial charge in [0.15, 0.2) is 5.78 Å². The van der Waals surface area contributed by atoms with Gasteiger partial charge >= 0.3 is 6.18 Å². The van der Waals surface area contributed by atoms with Gasteiger partial charge in [-0.1, -0.05) is 15.9 Å². The molecule has 16 heavy (non-hydrogen) atoms. The van der Waals surface area contributed by atoms with Gasteiger partial charge in [0.25, 0.3) is 0 Å². The first-order valence-electron chi connectivity index (χ1n) is 4.10. The number of hydrogen-bond acceptors (Lipinski definition) is 2. The fourth-order valence-electron chi connectivity index (χ4n) is 1.09. The van der Waals surface area contributed by atoms with Crippen molar-refractivity contribution in [2.45, 2.75) is 6.18 Å². The number of halogens is 4. The van der Waals surface area contributed by atoms with Crippen molar-refractivity contribution in [3.05, 3.63) is 34.9 Å². The molecular formula is C10H5BrF3NO. The summed E-state index contributed by atoms with van der Waals surface area (Å²) < 4.78 is 37.3. The molecule has 1 rings (SSSR count). The average Bonchev–Trinajstić information content (AvgIpc) is 2.26. The van der Waals surface area contributed by atoms with Crippen molar-refractivity contribution < 1.29 is 18.0 Å². The third-order valence-corrected chi connectivity index (χ3v) is 2.34. The van der Waals surface area contributed by atoms with Gasteiger partial charge in [0, 0.05) is 5.56 Å². The Morgan fingerprint density at radius 2 is 2.00 bits per heavy atom. The Morgan fingerprint density at radius 1 is 1.38 bits per heavy atom. The van der Waals surface area contributed by atoms with Gasteiger partial charge in [-0.15, -0.1) is 0 Å². The van der Waals surface area contributed by atoms with Gasteiger partial charge in [0.1, 0.15) is 0 Å². The maximum atomic E-state index is 12.4. The number of carbonyl (C=O) groups excluding carboxylic acids is 1. The molecule has 0 aromatic heterocycles. The van der Waals surface area contributed by atoms with Crippen LogP contribution < -0.4 is 0 Å². The lowest BCUT2D eigenvalue weighted by molar-refractivity contribution is -0.137. The van der Waals surface area contributed by atoms with Crippen molar-refractivity contribution in [1.29, 1.82) is 5.26 Å². The number of nitrogens with zero attached hydrogens (tertiary/aromatic N) is 1. The summed E-state index contributed by atoms with van der Waals surface area (Å²) in [5.41, 5.74) is -1.29. The van der Waals surface area contributed by atoms with E-state index in [1.807, 2.05) is 0 Å². The summed E-state index contributed by atoms with van der Waals surface area (Å²) in [6.45, 7) is 0. The summed E-state index contributed by atoms with van der Waals surface area (Å²) in [4.78, 5) is 11.2. The molecule has 1 aromatic carbocycles. The van der Waals surface area contributed by atoms with E-state index in [0.29, 0.717) is 6.07 Å². The van der Waals surface area contributed by atoms with E-state index in [-0.39, 0.29) is 16.5 Å². The third kappa shape index (κ3) is 2.83. The summed E-state index contributed by atoms with van der Waals surface area (Å²) in [7, 11) is 0. The number of Topliss-reactive ketones (excluding diaryl/α,β-unsaturated/α-hetero) is 1. The summed E-state index contributed by atoms with van der Waals surface area (Å²) >= 11 is 2.86.